The fourth-order valence-electron chi connectivity index (χ4n) is 1.23. The van der Waals surface area contributed by atoms with Crippen LogP contribution in [-0.2, 0) is 10.0 Å². The van der Waals surface area contributed by atoms with Gasteiger partial charge in [0.15, 0.2) is 0 Å². The molecule has 1 atom stereocenters. The molecule has 0 fully saturated rings. The maximum atomic E-state index is 11.5. The van der Waals surface area contributed by atoms with Crippen LogP contribution in [0.15, 0.2) is 0 Å². The van der Waals surface area contributed by atoms with E-state index in [1.807, 2.05) is 13.8 Å². The highest BCUT2D eigenvalue weighted by atomic mass is 32.2. The average Bonchev–Trinajstić information content (AvgIpc) is 2.13. The lowest BCUT2D eigenvalue weighted by Crippen LogP contribution is -2.38. The summed E-state index contributed by atoms with van der Waals surface area (Å²) in [6.45, 7) is 5.45. The molecule has 0 aliphatic rings. The Kier molecular flexibility index (Phi) is 6.31. The molecule has 0 aromatic heterocycles. The van der Waals surface area contributed by atoms with Crippen molar-refractivity contribution in [1.29, 1.82) is 0 Å². The summed E-state index contributed by atoms with van der Waals surface area (Å²) in [6.07, 6.45) is 1.73. The third kappa shape index (κ3) is 5.57. The normalized spacial score (nSPS) is 14.6. The maximum Gasteiger partial charge on any atom is 0.212 e. The number of hydrogen-bond donors (Lipinski definition) is 2. The highest BCUT2D eigenvalue weighted by Crippen LogP contribution is 2.10. The first-order valence-corrected chi connectivity index (χ1v) is 6.71. The Morgan fingerprint density at radius 2 is 1.79 bits per heavy atom. The van der Waals surface area contributed by atoms with Crippen molar-refractivity contribution in [1.82, 2.24) is 4.72 Å². The van der Waals surface area contributed by atoms with E-state index in [9.17, 15) is 8.42 Å². The molecule has 0 aliphatic heterocycles. The molecule has 0 aromatic rings. The average molecular weight is 223 g/mol. The van der Waals surface area contributed by atoms with Crippen molar-refractivity contribution >= 4 is 10.0 Å². The second kappa shape index (κ2) is 6.37. The van der Waals surface area contributed by atoms with E-state index in [1.165, 1.54) is 0 Å². The summed E-state index contributed by atoms with van der Waals surface area (Å²) < 4.78 is 25.4. The Labute approximate surface area is 86.8 Å². The predicted molar refractivity (Wildman–Crippen MR) is 57.5 cm³/mol. The second-order valence-corrected chi connectivity index (χ2v) is 5.46. The molecule has 0 amide bonds. The minimum atomic E-state index is -3.23. The summed E-state index contributed by atoms with van der Waals surface area (Å²) >= 11 is 0. The summed E-state index contributed by atoms with van der Waals surface area (Å²) in [5, 5.41) is 8.72. The zero-order chi connectivity index (χ0) is 11.2. The molecular weight excluding hydrogens is 202 g/mol. The van der Waals surface area contributed by atoms with Gasteiger partial charge in [-0.25, -0.2) is 13.1 Å². The maximum absolute atomic E-state index is 11.5. The Balaban J connectivity index is 4.19. The summed E-state index contributed by atoms with van der Waals surface area (Å²) in [7, 11) is -3.23. The van der Waals surface area contributed by atoms with E-state index in [-0.39, 0.29) is 18.3 Å². The number of sulfonamides is 1. The van der Waals surface area contributed by atoms with E-state index in [2.05, 4.69) is 4.72 Å². The smallest absolute Gasteiger partial charge is 0.212 e. The van der Waals surface area contributed by atoms with Crippen LogP contribution in [0.4, 0.5) is 0 Å². The molecule has 0 bridgehead atoms. The molecule has 86 valence electrons. The SMILES string of the molecule is CCC(CC)CS(=O)(=O)N[C@H](C)CO. The Morgan fingerprint density at radius 1 is 1.29 bits per heavy atom. The predicted octanol–water partition coefficient (Wildman–Crippen LogP) is 0.723. The van der Waals surface area contributed by atoms with E-state index < -0.39 is 16.1 Å². The second-order valence-electron chi connectivity index (χ2n) is 3.67. The lowest BCUT2D eigenvalue weighted by molar-refractivity contribution is 0.265. The molecule has 4 nitrogen and oxygen atoms in total. The first-order valence-electron chi connectivity index (χ1n) is 5.06. The molecule has 0 radical (unpaired) electrons. The Bertz CT molecular complexity index is 234. The highest BCUT2D eigenvalue weighted by Gasteiger charge is 2.18. The van der Waals surface area contributed by atoms with E-state index in [4.69, 9.17) is 5.11 Å². The molecular formula is C9H21NO3S. The van der Waals surface area contributed by atoms with Gasteiger partial charge in [0.1, 0.15) is 0 Å². The summed E-state index contributed by atoms with van der Waals surface area (Å²) in [5.74, 6) is 0.364. The molecule has 0 heterocycles. The van der Waals surface area contributed by atoms with Gasteiger partial charge in [0.2, 0.25) is 10.0 Å². The third-order valence-corrected chi connectivity index (χ3v) is 3.94. The van der Waals surface area contributed by atoms with Crippen molar-refractivity contribution in [3.8, 4) is 0 Å². The van der Waals surface area contributed by atoms with Crippen LogP contribution in [0.5, 0.6) is 0 Å². The molecule has 0 aliphatic carbocycles. The van der Waals surface area contributed by atoms with E-state index in [0.717, 1.165) is 12.8 Å². The van der Waals surface area contributed by atoms with Crippen LogP contribution in [0.3, 0.4) is 0 Å². The number of nitrogens with one attached hydrogen (secondary N) is 1. The Morgan fingerprint density at radius 3 is 2.14 bits per heavy atom. The number of aliphatic hydroxyl groups is 1. The van der Waals surface area contributed by atoms with Crippen LogP contribution in [-0.4, -0.2) is 31.9 Å². The van der Waals surface area contributed by atoms with Gasteiger partial charge in [-0.05, 0) is 12.8 Å². The minimum absolute atomic E-state index is 0.157. The third-order valence-electron chi connectivity index (χ3n) is 2.26. The molecule has 2 N–H and O–H groups in total. The van der Waals surface area contributed by atoms with Gasteiger partial charge in [-0.15, -0.1) is 0 Å². The highest BCUT2D eigenvalue weighted by molar-refractivity contribution is 7.89. The number of hydrogen-bond acceptors (Lipinski definition) is 3. The van der Waals surface area contributed by atoms with Crippen molar-refractivity contribution in [3.63, 3.8) is 0 Å². The Hall–Kier alpha value is -0.130. The van der Waals surface area contributed by atoms with Crippen molar-refractivity contribution < 1.29 is 13.5 Å². The summed E-state index contributed by atoms with van der Waals surface area (Å²) in [5.41, 5.74) is 0. The van der Waals surface area contributed by atoms with Gasteiger partial charge >= 0.3 is 0 Å². The molecule has 0 saturated carbocycles. The molecule has 0 rings (SSSR count). The van der Waals surface area contributed by atoms with Crippen molar-refractivity contribution in [3.05, 3.63) is 0 Å². The van der Waals surface area contributed by atoms with E-state index in [0.29, 0.717) is 0 Å². The lowest BCUT2D eigenvalue weighted by atomic mass is 10.1. The van der Waals surface area contributed by atoms with Gasteiger partial charge in [-0.1, -0.05) is 26.7 Å². The molecule has 0 unspecified atom stereocenters. The molecule has 5 heteroatoms. The summed E-state index contributed by atoms with van der Waals surface area (Å²) in [6, 6.07) is -0.394. The van der Waals surface area contributed by atoms with Crippen LogP contribution in [0.25, 0.3) is 0 Å². The fraction of sp³-hybridized carbons (Fsp3) is 1.00. The molecule has 0 spiro atoms. The topological polar surface area (TPSA) is 66.4 Å². The molecule has 0 saturated heterocycles. The molecule has 14 heavy (non-hydrogen) atoms. The van der Waals surface area contributed by atoms with Gasteiger partial charge in [0.25, 0.3) is 0 Å². The van der Waals surface area contributed by atoms with Crippen LogP contribution in [0.1, 0.15) is 33.6 Å². The largest absolute Gasteiger partial charge is 0.395 e. The van der Waals surface area contributed by atoms with Crippen LogP contribution < -0.4 is 4.72 Å². The lowest BCUT2D eigenvalue weighted by Gasteiger charge is -2.15. The van der Waals surface area contributed by atoms with E-state index in [1.54, 1.807) is 6.92 Å². The standard InChI is InChI=1S/C9H21NO3S/c1-4-9(5-2)7-14(12,13)10-8(3)6-11/h8-11H,4-7H2,1-3H3/t8-/m1/s1. The fourth-order valence-corrected chi connectivity index (χ4v) is 3.10. The van der Waals surface area contributed by atoms with Gasteiger partial charge < -0.3 is 5.11 Å². The number of aliphatic hydroxyl groups excluding tert-OH is 1. The van der Waals surface area contributed by atoms with Crippen molar-refractivity contribution in [2.24, 2.45) is 5.92 Å². The van der Waals surface area contributed by atoms with E-state index >= 15 is 0 Å². The van der Waals surface area contributed by atoms with Gasteiger partial charge in [0, 0.05) is 6.04 Å². The monoisotopic (exact) mass is 223 g/mol. The van der Waals surface area contributed by atoms with Gasteiger partial charge in [-0.3, -0.25) is 0 Å². The first-order chi connectivity index (χ1) is 6.45. The summed E-state index contributed by atoms with van der Waals surface area (Å²) in [4.78, 5) is 0. The molecule has 0 aromatic carbocycles. The van der Waals surface area contributed by atoms with Crippen molar-refractivity contribution in [2.75, 3.05) is 12.4 Å². The zero-order valence-electron chi connectivity index (χ0n) is 9.16. The van der Waals surface area contributed by atoms with Gasteiger partial charge in [-0.2, -0.15) is 0 Å². The van der Waals surface area contributed by atoms with Crippen LogP contribution >= 0.6 is 0 Å². The quantitative estimate of drug-likeness (QED) is 0.668. The van der Waals surface area contributed by atoms with Crippen LogP contribution in [0, 0.1) is 5.92 Å². The van der Waals surface area contributed by atoms with Crippen LogP contribution in [0.2, 0.25) is 0 Å². The van der Waals surface area contributed by atoms with Gasteiger partial charge in [0.05, 0.1) is 12.4 Å². The minimum Gasteiger partial charge on any atom is -0.395 e. The number of rotatable bonds is 7. The zero-order valence-corrected chi connectivity index (χ0v) is 9.97. The first kappa shape index (κ1) is 13.9. The van der Waals surface area contributed by atoms with Crippen molar-refractivity contribution in [2.45, 2.75) is 39.7 Å².